The molecule has 4 unspecified atom stereocenters. The van der Waals surface area contributed by atoms with Crippen LogP contribution >= 0.6 is 38.8 Å². The van der Waals surface area contributed by atoms with E-state index < -0.39 is 77.9 Å². The van der Waals surface area contributed by atoms with Crippen molar-refractivity contribution in [1.29, 1.82) is 0 Å². The minimum Gasteiger partial charge on any atom is -0.386 e. The Labute approximate surface area is 261 Å². The van der Waals surface area contributed by atoms with Crippen molar-refractivity contribution in [2.45, 2.75) is 49.1 Å². The zero-order chi connectivity index (χ0) is 31.8. The second-order valence-corrected chi connectivity index (χ2v) is 13.9. The van der Waals surface area contributed by atoms with Crippen molar-refractivity contribution in [2.24, 2.45) is 0 Å². The summed E-state index contributed by atoms with van der Waals surface area (Å²) in [6.45, 7) is -1.55. The quantitative estimate of drug-likeness (QED) is 0.184. The van der Waals surface area contributed by atoms with E-state index in [4.69, 9.17) is 56.5 Å². The summed E-state index contributed by atoms with van der Waals surface area (Å²) in [4.78, 5) is 37.5. The third-order valence-corrected chi connectivity index (χ3v) is 10.2. The number of ether oxygens (including phenoxy) is 2. The molecule has 3 aliphatic rings. The Kier molecular flexibility index (Phi) is 7.95. The van der Waals surface area contributed by atoms with E-state index in [1.807, 2.05) is 0 Å². The molecule has 0 aliphatic carbocycles. The van der Waals surface area contributed by atoms with E-state index in [1.165, 1.54) is 33.9 Å². The molecule has 0 bridgehead atoms. The van der Waals surface area contributed by atoms with Crippen LogP contribution in [0, 0.1) is 0 Å². The van der Waals surface area contributed by atoms with Crippen LogP contribution in [-0.2, 0) is 36.7 Å². The molecule has 10 atom stereocenters. The van der Waals surface area contributed by atoms with Crippen molar-refractivity contribution in [3.05, 3.63) is 41.2 Å². The fourth-order valence-corrected chi connectivity index (χ4v) is 7.66. The van der Waals surface area contributed by atoms with Gasteiger partial charge in [0.25, 0.3) is 0 Å². The molecule has 3 aliphatic heterocycles. The van der Waals surface area contributed by atoms with E-state index in [-0.39, 0.29) is 27.0 Å². The van der Waals surface area contributed by atoms with Gasteiger partial charge in [-0.25, -0.2) is 29.1 Å². The lowest BCUT2D eigenvalue weighted by Gasteiger charge is -2.27. The Hall–Kier alpha value is -2.32. The standard InChI is InChI=1S/C22H23Cl2N7O12P2/c23-8-1-10-11(2-9(8)24)30(6-28-10)21-15(32)17-12(40-21)3-38-45(36,37)43-18-13(4-39-44(34,35)42-17)41-22(16(18)33)31-7-29-14-19(25)26-5-27-20(14)31/h1-2,5-7,12-13,15-18,21-22,32-33H,3-4H2,(H,34,35)(H,36,37)(H2,25,26,27)/t12-,13-,15?,16+,17+,18?,21-,22-/m1/s1. The Balaban J connectivity index is 1.16. The van der Waals surface area contributed by atoms with E-state index in [1.54, 1.807) is 0 Å². The van der Waals surface area contributed by atoms with Crippen molar-refractivity contribution in [3.8, 4) is 0 Å². The maximum Gasteiger partial charge on any atom is 0.472 e. The fraction of sp³-hybridized carbons (Fsp3) is 0.455. The Morgan fingerprint density at radius 2 is 1.38 bits per heavy atom. The van der Waals surface area contributed by atoms with Crippen LogP contribution in [0.3, 0.4) is 0 Å². The van der Waals surface area contributed by atoms with Gasteiger partial charge in [0.1, 0.15) is 48.5 Å². The summed E-state index contributed by atoms with van der Waals surface area (Å²) in [5.41, 5.74) is 6.98. The van der Waals surface area contributed by atoms with Crippen molar-refractivity contribution >= 4 is 66.9 Å². The molecule has 0 amide bonds. The van der Waals surface area contributed by atoms with Gasteiger partial charge in [0.05, 0.1) is 46.9 Å². The minimum absolute atomic E-state index is 0.0514. The fourth-order valence-electron chi connectivity index (χ4n) is 5.41. The molecule has 6 heterocycles. The SMILES string of the molecule is Nc1ncnc2c1ncn2[C@@H]1O[C@@H]2COP(=O)(O)O[C@@H]3C(O)[C@H](n4cnc5cc(Cl)c(Cl)cc54)O[C@@H]3COP(=O)(O)OC2[C@@H]1O. The van der Waals surface area contributed by atoms with Gasteiger partial charge in [-0.05, 0) is 12.1 Å². The van der Waals surface area contributed by atoms with E-state index in [0.717, 1.165) is 6.33 Å². The number of anilines is 1. The Morgan fingerprint density at radius 3 is 2.00 bits per heavy atom. The Bertz CT molecular complexity index is 1880. The highest BCUT2D eigenvalue weighted by Crippen LogP contribution is 2.53. The number of rotatable bonds is 2. The van der Waals surface area contributed by atoms with Crippen molar-refractivity contribution in [2.75, 3.05) is 18.9 Å². The number of imidazole rings is 2. The maximum absolute atomic E-state index is 13.1. The monoisotopic (exact) mass is 709 g/mol. The normalized spacial score (nSPS) is 37.7. The molecule has 23 heteroatoms. The summed E-state index contributed by atoms with van der Waals surface area (Å²) >= 11 is 12.2. The second kappa shape index (κ2) is 11.4. The van der Waals surface area contributed by atoms with Gasteiger partial charge in [-0.1, -0.05) is 23.2 Å². The highest BCUT2D eigenvalue weighted by molar-refractivity contribution is 7.47. The molecule has 3 aromatic heterocycles. The molecule has 0 saturated carbocycles. The average Bonchev–Trinajstić information content (AvgIpc) is 3.73. The van der Waals surface area contributed by atoms with Crippen molar-refractivity contribution in [3.63, 3.8) is 0 Å². The van der Waals surface area contributed by atoms with Crippen LogP contribution in [-0.4, -0.2) is 98.9 Å². The first kappa shape index (κ1) is 31.3. The summed E-state index contributed by atoms with van der Waals surface area (Å²) in [5, 5.41) is 22.7. The number of fused-ring (bicyclic) bond motifs is 4. The number of phosphoric acid groups is 2. The van der Waals surface area contributed by atoms with E-state index in [2.05, 4.69) is 19.9 Å². The summed E-state index contributed by atoms with van der Waals surface area (Å²) in [6.07, 6.45) is -8.30. The predicted molar refractivity (Wildman–Crippen MR) is 151 cm³/mol. The zero-order valence-corrected chi connectivity index (χ0v) is 25.7. The van der Waals surface area contributed by atoms with Gasteiger partial charge >= 0.3 is 15.6 Å². The number of hydrogen-bond acceptors (Lipinski definition) is 15. The lowest BCUT2D eigenvalue weighted by molar-refractivity contribution is -0.0663. The number of nitrogens with two attached hydrogens (primary N) is 1. The van der Waals surface area contributed by atoms with Crippen LogP contribution in [0.4, 0.5) is 5.82 Å². The number of phosphoric ester groups is 2. The van der Waals surface area contributed by atoms with E-state index >= 15 is 0 Å². The van der Waals surface area contributed by atoms with Crippen LogP contribution in [0.2, 0.25) is 10.0 Å². The van der Waals surface area contributed by atoms with Crippen LogP contribution in [0.5, 0.6) is 0 Å². The first-order chi connectivity index (χ1) is 21.3. The molecule has 1 aromatic carbocycles. The van der Waals surface area contributed by atoms with Crippen LogP contribution in [0.15, 0.2) is 31.1 Å². The van der Waals surface area contributed by atoms with Gasteiger partial charge in [-0.3, -0.25) is 22.7 Å². The second-order valence-electron chi connectivity index (χ2n) is 10.3. The van der Waals surface area contributed by atoms with Gasteiger partial charge in [0, 0.05) is 0 Å². The highest BCUT2D eigenvalue weighted by atomic mass is 35.5. The lowest BCUT2D eigenvalue weighted by atomic mass is 10.1. The molecule has 242 valence electrons. The molecule has 45 heavy (non-hydrogen) atoms. The summed E-state index contributed by atoms with van der Waals surface area (Å²) in [7, 11) is -10.0. The largest absolute Gasteiger partial charge is 0.472 e. The predicted octanol–water partition coefficient (Wildman–Crippen LogP) is 1.30. The number of aliphatic hydroxyl groups excluding tert-OH is 2. The zero-order valence-electron chi connectivity index (χ0n) is 22.4. The topological polar surface area (TPSA) is 258 Å². The third kappa shape index (κ3) is 5.66. The van der Waals surface area contributed by atoms with E-state index in [9.17, 15) is 29.1 Å². The number of nitrogen functional groups attached to an aromatic ring is 1. The molecule has 0 radical (unpaired) electrons. The average molecular weight is 710 g/mol. The highest BCUT2D eigenvalue weighted by Gasteiger charge is 2.54. The molecular formula is C22H23Cl2N7O12P2. The minimum atomic E-state index is -5.00. The van der Waals surface area contributed by atoms with Crippen molar-refractivity contribution < 1.29 is 56.7 Å². The van der Waals surface area contributed by atoms with Crippen LogP contribution in [0.1, 0.15) is 12.5 Å². The third-order valence-electron chi connectivity index (χ3n) is 7.48. The maximum atomic E-state index is 13.1. The van der Waals surface area contributed by atoms with E-state index in [0.29, 0.717) is 11.0 Å². The van der Waals surface area contributed by atoms with Gasteiger partial charge < -0.3 is 39.8 Å². The number of aliphatic hydroxyl groups is 2. The smallest absolute Gasteiger partial charge is 0.386 e. The van der Waals surface area contributed by atoms with Gasteiger partial charge in [-0.15, -0.1) is 0 Å². The first-order valence-electron chi connectivity index (χ1n) is 13.0. The molecule has 3 fully saturated rings. The summed E-state index contributed by atoms with van der Waals surface area (Å²) < 4.78 is 61.5. The molecule has 6 N–H and O–H groups in total. The first-order valence-corrected chi connectivity index (χ1v) is 16.8. The lowest BCUT2D eigenvalue weighted by Crippen LogP contribution is -2.39. The number of hydrogen-bond donors (Lipinski definition) is 5. The van der Waals surface area contributed by atoms with Gasteiger partial charge in [0.2, 0.25) is 0 Å². The molecule has 4 aromatic rings. The number of aromatic nitrogens is 6. The van der Waals surface area contributed by atoms with Gasteiger partial charge in [-0.2, -0.15) is 0 Å². The number of nitrogens with zero attached hydrogens (tertiary/aromatic N) is 6. The van der Waals surface area contributed by atoms with Crippen LogP contribution < -0.4 is 5.73 Å². The molecule has 3 saturated heterocycles. The van der Waals surface area contributed by atoms with Crippen molar-refractivity contribution in [1.82, 2.24) is 29.1 Å². The van der Waals surface area contributed by atoms with Gasteiger partial charge in [0.15, 0.2) is 23.9 Å². The summed E-state index contributed by atoms with van der Waals surface area (Å²) in [6, 6.07) is 2.97. The molecule has 0 spiro atoms. The molecule has 7 rings (SSSR count). The van der Waals surface area contributed by atoms with Crippen LogP contribution in [0.25, 0.3) is 22.2 Å². The number of halogens is 2. The molecule has 19 nitrogen and oxygen atoms in total. The Morgan fingerprint density at radius 1 is 0.822 bits per heavy atom. The summed E-state index contributed by atoms with van der Waals surface area (Å²) in [5.74, 6) is 0.0514. The number of benzene rings is 1. The molecular weight excluding hydrogens is 687 g/mol.